The van der Waals surface area contributed by atoms with Gasteiger partial charge < -0.3 is 9.73 Å². The number of rotatable bonds is 4. The van der Waals surface area contributed by atoms with Gasteiger partial charge in [-0.25, -0.2) is 0 Å². The number of hydrogen-bond donors (Lipinski definition) is 1. The fourth-order valence-corrected chi connectivity index (χ4v) is 2.32. The van der Waals surface area contributed by atoms with Gasteiger partial charge in [-0.05, 0) is 34.1 Å². The molecule has 0 saturated heterocycles. The minimum Gasteiger partial charge on any atom is -0.457 e. The van der Waals surface area contributed by atoms with E-state index in [-0.39, 0.29) is 5.91 Å². The molecule has 3 rings (SSSR count). The normalized spacial score (nSPS) is 10.8. The summed E-state index contributed by atoms with van der Waals surface area (Å²) < 4.78 is 7.36. The molecule has 0 aliphatic carbocycles. The summed E-state index contributed by atoms with van der Waals surface area (Å²) in [6.45, 7) is 0.478. The second-order valence-corrected chi connectivity index (χ2v) is 4.88. The molecule has 0 aliphatic heterocycles. The third-order valence-electron chi connectivity index (χ3n) is 2.88. The van der Waals surface area contributed by atoms with E-state index in [9.17, 15) is 4.79 Å². The topological polar surface area (TPSA) is 72.4 Å². The van der Waals surface area contributed by atoms with Crippen LogP contribution in [0.4, 0.5) is 0 Å². The largest absolute Gasteiger partial charge is 0.457 e. The lowest BCUT2D eigenvalue weighted by Gasteiger charge is -2.03. The molecule has 0 aliphatic rings. The standard InChI is InChI=1S/C13H11BrN4O2/c14-12-9(5-8-20-12)13(19)15-6-4-11-17-16-10-3-1-2-7-18(10)11/h1-3,5,7-8H,4,6H2,(H,15,19). The van der Waals surface area contributed by atoms with E-state index in [1.165, 1.54) is 6.26 Å². The number of amides is 1. The Kier molecular flexibility index (Phi) is 3.51. The Morgan fingerprint density at radius 1 is 1.35 bits per heavy atom. The highest BCUT2D eigenvalue weighted by Crippen LogP contribution is 2.16. The fourth-order valence-electron chi connectivity index (χ4n) is 1.90. The van der Waals surface area contributed by atoms with Crippen LogP contribution in [0.5, 0.6) is 0 Å². The predicted octanol–water partition coefficient (Wildman–Crippen LogP) is 2.06. The molecule has 102 valence electrons. The molecule has 3 aromatic rings. The second-order valence-electron chi connectivity index (χ2n) is 4.16. The van der Waals surface area contributed by atoms with Crippen molar-refractivity contribution in [2.24, 2.45) is 0 Å². The zero-order valence-electron chi connectivity index (χ0n) is 10.4. The number of carbonyl (C=O) groups excluding carboxylic acids is 1. The average Bonchev–Trinajstić information content (AvgIpc) is 3.05. The summed E-state index contributed by atoms with van der Waals surface area (Å²) in [5.41, 5.74) is 1.28. The Labute approximate surface area is 122 Å². The molecule has 0 fully saturated rings. The number of carbonyl (C=O) groups is 1. The van der Waals surface area contributed by atoms with E-state index in [4.69, 9.17) is 4.42 Å². The number of nitrogens with zero attached hydrogens (tertiary/aromatic N) is 3. The molecule has 20 heavy (non-hydrogen) atoms. The SMILES string of the molecule is O=C(NCCc1nnc2ccccn12)c1ccoc1Br. The first-order chi connectivity index (χ1) is 9.75. The summed E-state index contributed by atoms with van der Waals surface area (Å²) in [7, 11) is 0. The van der Waals surface area contributed by atoms with Gasteiger partial charge in [-0.15, -0.1) is 10.2 Å². The smallest absolute Gasteiger partial charge is 0.255 e. The summed E-state index contributed by atoms with van der Waals surface area (Å²) in [5, 5.41) is 11.0. The van der Waals surface area contributed by atoms with Gasteiger partial charge in [0.05, 0.1) is 11.8 Å². The number of hydrogen-bond acceptors (Lipinski definition) is 4. The van der Waals surface area contributed by atoms with Crippen LogP contribution >= 0.6 is 15.9 Å². The monoisotopic (exact) mass is 334 g/mol. The lowest BCUT2D eigenvalue weighted by atomic mass is 10.3. The molecular formula is C13H11BrN4O2. The van der Waals surface area contributed by atoms with Crippen LogP contribution in [0.1, 0.15) is 16.2 Å². The van der Waals surface area contributed by atoms with Gasteiger partial charge in [0.15, 0.2) is 10.3 Å². The van der Waals surface area contributed by atoms with Crippen molar-refractivity contribution < 1.29 is 9.21 Å². The maximum Gasteiger partial charge on any atom is 0.255 e. The van der Waals surface area contributed by atoms with Gasteiger partial charge in [-0.2, -0.15) is 0 Å². The highest BCUT2D eigenvalue weighted by molar-refractivity contribution is 9.10. The molecule has 0 aromatic carbocycles. The van der Waals surface area contributed by atoms with Crippen molar-refractivity contribution in [1.29, 1.82) is 0 Å². The zero-order valence-corrected chi connectivity index (χ0v) is 12.0. The van der Waals surface area contributed by atoms with E-state index >= 15 is 0 Å². The minimum absolute atomic E-state index is 0.181. The highest BCUT2D eigenvalue weighted by atomic mass is 79.9. The number of furan rings is 1. The first-order valence-corrected chi connectivity index (χ1v) is 6.85. The summed E-state index contributed by atoms with van der Waals surface area (Å²) >= 11 is 3.18. The molecular weight excluding hydrogens is 324 g/mol. The molecule has 3 heterocycles. The second kappa shape index (κ2) is 5.46. The van der Waals surface area contributed by atoms with Crippen LogP contribution in [0, 0.1) is 0 Å². The molecule has 1 N–H and O–H groups in total. The summed E-state index contributed by atoms with van der Waals surface area (Å²) in [6, 6.07) is 7.33. The van der Waals surface area contributed by atoms with Gasteiger partial charge in [0.1, 0.15) is 5.82 Å². The maximum atomic E-state index is 11.9. The average molecular weight is 335 g/mol. The first-order valence-electron chi connectivity index (χ1n) is 6.05. The van der Waals surface area contributed by atoms with E-state index in [1.54, 1.807) is 6.07 Å². The molecule has 0 spiro atoms. The maximum absolute atomic E-state index is 11.9. The summed E-state index contributed by atoms with van der Waals surface area (Å²) in [4.78, 5) is 11.9. The number of halogens is 1. The lowest BCUT2D eigenvalue weighted by molar-refractivity contribution is 0.0952. The van der Waals surface area contributed by atoms with Crippen LogP contribution in [0.3, 0.4) is 0 Å². The molecule has 0 unspecified atom stereocenters. The van der Waals surface area contributed by atoms with E-state index in [0.717, 1.165) is 11.5 Å². The van der Waals surface area contributed by atoms with E-state index < -0.39 is 0 Å². The third kappa shape index (κ3) is 2.44. The Hall–Kier alpha value is -2.15. The first kappa shape index (κ1) is 12.9. The Morgan fingerprint density at radius 3 is 3.05 bits per heavy atom. The van der Waals surface area contributed by atoms with Crippen molar-refractivity contribution in [3.8, 4) is 0 Å². The number of nitrogens with one attached hydrogen (secondary N) is 1. The zero-order chi connectivity index (χ0) is 13.9. The van der Waals surface area contributed by atoms with E-state index in [1.807, 2.05) is 28.8 Å². The van der Waals surface area contributed by atoms with Gasteiger partial charge in [0.25, 0.3) is 5.91 Å². The van der Waals surface area contributed by atoms with Crippen LogP contribution in [-0.4, -0.2) is 27.0 Å². The Balaban J connectivity index is 1.63. The van der Waals surface area contributed by atoms with E-state index in [2.05, 4.69) is 31.4 Å². The van der Waals surface area contributed by atoms with Crippen molar-refractivity contribution in [3.63, 3.8) is 0 Å². The Morgan fingerprint density at radius 2 is 2.25 bits per heavy atom. The van der Waals surface area contributed by atoms with Crippen LogP contribution in [0.15, 0.2) is 45.8 Å². The molecule has 0 bridgehead atoms. The molecule has 0 atom stereocenters. The van der Waals surface area contributed by atoms with Gasteiger partial charge in [-0.3, -0.25) is 9.20 Å². The molecule has 7 heteroatoms. The quantitative estimate of drug-likeness (QED) is 0.792. The van der Waals surface area contributed by atoms with Crippen molar-refractivity contribution >= 4 is 27.5 Å². The number of fused-ring (bicyclic) bond motifs is 1. The van der Waals surface area contributed by atoms with Crippen molar-refractivity contribution in [2.45, 2.75) is 6.42 Å². The van der Waals surface area contributed by atoms with Crippen LogP contribution in [0.25, 0.3) is 5.65 Å². The van der Waals surface area contributed by atoms with Crippen molar-refractivity contribution in [2.75, 3.05) is 6.54 Å². The van der Waals surface area contributed by atoms with Gasteiger partial charge in [0.2, 0.25) is 0 Å². The highest BCUT2D eigenvalue weighted by Gasteiger charge is 2.12. The van der Waals surface area contributed by atoms with Crippen molar-refractivity contribution in [3.05, 3.63) is 52.8 Å². The molecule has 3 aromatic heterocycles. The van der Waals surface area contributed by atoms with Gasteiger partial charge in [-0.1, -0.05) is 6.07 Å². The predicted molar refractivity (Wildman–Crippen MR) is 75.4 cm³/mol. The van der Waals surface area contributed by atoms with E-state index in [0.29, 0.717) is 23.2 Å². The Bertz CT molecular complexity index is 750. The lowest BCUT2D eigenvalue weighted by Crippen LogP contribution is -2.26. The third-order valence-corrected chi connectivity index (χ3v) is 3.50. The molecule has 0 radical (unpaired) electrons. The van der Waals surface area contributed by atoms with Gasteiger partial charge >= 0.3 is 0 Å². The summed E-state index contributed by atoms with van der Waals surface area (Å²) in [6.07, 6.45) is 3.97. The summed E-state index contributed by atoms with van der Waals surface area (Å²) in [5.74, 6) is 0.631. The van der Waals surface area contributed by atoms with Crippen molar-refractivity contribution in [1.82, 2.24) is 19.9 Å². The number of pyridine rings is 1. The van der Waals surface area contributed by atoms with Gasteiger partial charge in [0, 0.05) is 19.2 Å². The van der Waals surface area contributed by atoms with Crippen LogP contribution in [-0.2, 0) is 6.42 Å². The fraction of sp³-hybridized carbons (Fsp3) is 0.154. The minimum atomic E-state index is -0.181. The number of aromatic nitrogens is 3. The molecule has 1 amide bonds. The van der Waals surface area contributed by atoms with Crippen LogP contribution in [0.2, 0.25) is 0 Å². The molecule has 6 nitrogen and oxygen atoms in total. The van der Waals surface area contributed by atoms with Crippen LogP contribution < -0.4 is 5.32 Å². The molecule has 0 saturated carbocycles.